The van der Waals surface area contributed by atoms with Gasteiger partial charge in [-0.15, -0.1) is 11.8 Å². The zero-order valence-corrected chi connectivity index (χ0v) is 19.7. The van der Waals surface area contributed by atoms with Crippen LogP contribution in [0.2, 0.25) is 0 Å². The van der Waals surface area contributed by atoms with E-state index < -0.39 is 17.5 Å². The Labute approximate surface area is 200 Å². The van der Waals surface area contributed by atoms with Gasteiger partial charge in [-0.3, -0.25) is 9.59 Å². The number of carbonyl (C=O) groups excluding carboxylic acids is 1. The van der Waals surface area contributed by atoms with Crippen LogP contribution in [0.4, 0.5) is 8.78 Å². The number of rotatable bonds is 4. The fraction of sp³-hybridized carbons (Fsp3) is 0.308. The van der Waals surface area contributed by atoms with E-state index in [0.717, 1.165) is 16.6 Å². The van der Waals surface area contributed by atoms with Gasteiger partial charge in [-0.05, 0) is 36.8 Å². The highest BCUT2D eigenvalue weighted by atomic mass is 32.2. The molecule has 0 spiro atoms. The number of para-hydroxylation sites is 1. The standard InChI is InChI=1S/C26H24F2N2O3S/c1-15-9-21(31)24(25(32)29-12-26(2)13-33-14-26)20-11-23(16-7-8-17(27)18(28)10-16)34-22-6-4-3-5-19(22)30(15)20/h3-10,23H,11-14H2,1-2H3,(H,29,32). The van der Waals surface area contributed by atoms with Gasteiger partial charge in [0, 0.05) is 46.0 Å². The molecule has 3 aromatic rings. The monoisotopic (exact) mass is 482 g/mol. The van der Waals surface area contributed by atoms with Crippen LogP contribution < -0.4 is 10.7 Å². The van der Waals surface area contributed by atoms with Crippen molar-refractivity contribution in [3.8, 4) is 5.69 Å². The van der Waals surface area contributed by atoms with Gasteiger partial charge in [-0.1, -0.05) is 25.1 Å². The Morgan fingerprint density at radius 3 is 2.65 bits per heavy atom. The van der Waals surface area contributed by atoms with Gasteiger partial charge in [0.05, 0.1) is 18.9 Å². The molecule has 34 heavy (non-hydrogen) atoms. The van der Waals surface area contributed by atoms with E-state index >= 15 is 0 Å². The Morgan fingerprint density at radius 1 is 1.18 bits per heavy atom. The first-order chi connectivity index (χ1) is 16.3. The van der Waals surface area contributed by atoms with Crippen LogP contribution in [0.1, 0.15) is 39.5 Å². The third-order valence-corrected chi connectivity index (χ3v) is 7.69. The van der Waals surface area contributed by atoms with Crippen molar-refractivity contribution < 1.29 is 18.3 Å². The number of fused-ring (bicyclic) bond motifs is 3. The highest BCUT2D eigenvalue weighted by Gasteiger charge is 2.35. The lowest BCUT2D eigenvalue weighted by Crippen LogP contribution is -2.49. The summed E-state index contributed by atoms with van der Waals surface area (Å²) in [6.45, 7) is 5.36. The molecule has 2 aliphatic rings. The maximum absolute atomic E-state index is 14.1. The molecule has 176 valence electrons. The number of thioether (sulfide) groups is 1. The first-order valence-electron chi connectivity index (χ1n) is 11.1. The van der Waals surface area contributed by atoms with Gasteiger partial charge in [0.15, 0.2) is 17.1 Å². The number of halogens is 2. The highest BCUT2D eigenvalue weighted by molar-refractivity contribution is 7.99. The predicted octanol–water partition coefficient (Wildman–Crippen LogP) is 4.58. The van der Waals surface area contributed by atoms with Crippen molar-refractivity contribution in [3.63, 3.8) is 0 Å². The smallest absolute Gasteiger partial charge is 0.257 e. The van der Waals surface area contributed by atoms with E-state index in [0.29, 0.717) is 43.1 Å². The molecule has 1 unspecified atom stereocenters. The van der Waals surface area contributed by atoms with Gasteiger partial charge >= 0.3 is 0 Å². The topological polar surface area (TPSA) is 60.3 Å². The van der Waals surface area contributed by atoms with Gasteiger partial charge in [0.1, 0.15) is 5.56 Å². The predicted molar refractivity (Wildman–Crippen MR) is 127 cm³/mol. The minimum atomic E-state index is -0.925. The molecule has 1 N–H and O–H groups in total. The summed E-state index contributed by atoms with van der Waals surface area (Å²) in [6.07, 6.45) is 0.296. The maximum atomic E-state index is 14.1. The van der Waals surface area contributed by atoms with Gasteiger partial charge < -0.3 is 14.6 Å². The van der Waals surface area contributed by atoms with Gasteiger partial charge in [0.25, 0.3) is 5.91 Å². The normalized spacial score (nSPS) is 18.3. The minimum Gasteiger partial charge on any atom is -0.380 e. The van der Waals surface area contributed by atoms with Crippen molar-refractivity contribution in [1.82, 2.24) is 9.88 Å². The summed E-state index contributed by atoms with van der Waals surface area (Å²) in [5, 5.41) is 2.59. The van der Waals surface area contributed by atoms with E-state index in [9.17, 15) is 18.4 Å². The number of pyridine rings is 1. The number of amides is 1. The first kappa shape index (κ1) is 22.8. The molecule has 1 amide bonds. The van der Waals surface area contributed by atoms with E-state index in [1.165, 1.54) is 23.9 Å². The number of hydrogen-bond donors (Lipinski definition) is 1. The number of carbonyl (C=O) groups is 1. The van der Waals surface area contributed by atoms with Crippen LogP contribution in [0, 0.1) is 24.0 Å². The summed E-state index contributed by atoms with van der Waals surface area (Å²) in [6, 6.07) is 13.0. The van der Waals surface area contributed by atoms with Crippen LogP contribution >= 0.6 is 11.8 Å². The van der Waals surface area contributed by atoms with Crippen LogP contribution in [0.15, 0.2) is 58.2 Å². The second-order valence-corrected chi connectivity index (χ2v) is 10.5. The van der Waals surface area contributed by atoms with Crippen molar-refractivity contribution in [2.45, 2.75) is 30.4 Å². The van der Waals surface area contributed by atoms with E-state index in [-0.39, 0.29) is 21.7 Å². The summed E-state index contributed by atoms with van der Waals surface area (Å²) < 4.78 is 34.9. The van der Waals surface area contributed by atoms with Crippen molar-refractivity contribution in [2.24, 2.45) is 5.41 Å². The van der Waals surface area contributed by atoms with Crippen molar-refractivity contribution >= 4 is 17.7 Å². The number of aryl methyl sites for hydroxylation is 1. The molecule has 1 fully saturated rings. The van der Waals surface area contributed by atoms with E-state index in [2.05, 4.69) is 5.32 Å². The Hall–Kier alpha value is -2.97. The summed E-state index contributed by atoms with van der Waals surface area (Å²) >= 11 is 1.51. The molecular formula is C26H24F2N2O3S. The van der Waals surface area contributed by atoms with Crippen LogP contribution in [-0.2, 0) is 11.2 Å². The fourth-order valence-corrected chi connectivity index (χ4v) is 5.78. The zero-order valence-electron chi connectivity index (χ0n) is 18.9. The number of aromatic nitrogens is 1. The molecule has 1 saturated heterocycles. The minimum absolute atomic E-state index is 0.0827. The molecule has 5 nitrogen and oxygen atoms in total. The number of hydrogen-bond acceptors (Lipinski definition) is 4. The fourth-order valence-electron chi connectivity index (χ4n) is 4.51. The summed E-state index contributed by atoms with van der Waals surface area (Å²) in [7, 11) is 0. The number of nitrogens with one attached hydrogen (secondary N) is 1. The molecule has 5 rings (SSSR count). The largest absolute Gasteiger partial charge is 0.380 e. The molecule has 1 atom stereocenters. The Bertz CT molecular complexity index is 1350. The maximum Gasteiger partial charge on any atom is 0.257 e. The molecule has 0 bridgehead atoms. The van der Waals surface area contributed by atoms with Crippen molar-refractivity contribution in [1.29, 1.82) is 0 Å². The number of ether oxygens (including phenoxy) is 1. The molecule has 0 saturated carbocycles. The molecule has 1 aromatic heterocycles. The van der Waals surface area contributed by atoms with E-state index in [1.807, 2.05) is 42.7 Å². The molecule has 0 aliphatic carbocycles. The van der Waals surface area contributed by atoms with Crippen molar-refractivity contribution in [2.75, 3.05) is 19.8 Å². The van der Waals surface area contributed by atoms with Crippen molar-refractivity contribution in [3.05, 3.63) is 92.9 Å². The van der Waals surface area contributed by atoms with Gasteiger partial charge in [-0.25, -0.2) is 8.78 Å². The van der Waals surface area contributed by atoms with Crippen LogP contribution in [0.3, 0.4) is 0 Å². The lowest BCUT2D eigenvalue weighted by Gasteiger charge is -2.38. The summed E-state index contributed by atoms with van der Waals surface area (Å²) in [4.78, 5) is 27.4. The first-order valence-corrected chi connectivity index (χ1v) is 12.0. The average Bonchev–Trinajstić information content (AvgIpc) is 2.95. The van der Waals surface area contributed by atoms with Crippen LogP contribution in [0.5, 0.6) is 0 Å². The molecule has 8 heteroatoms. The molecular weight excluding hydrogens is 458 g/mol. The molecule has 3 heterocycles. The highest BCUT2D eigenvalue weighted by Crippen LogP contribution is 2.44. The number of nitrogens with zero attached hydrogens (tertiary/aromatic N) is 1. The Balaban J connectivity index is 1.64. The Morgan fingerprint density at radius 2 is 1.94 bits per heavy atom. The average molecular weight is 483 g/mol. The van der Waals surface area contributed by atoms with Gasteiger partial charge in [-0.2, -0.15) is 0 Å². The lowest BCUT2D eigenvalue weighted by atomic mass is 9.88. The zero-order chi connectivity index (χ0) is 24.0. The van der Waals surface area contributed by atoms with Crippen LogP contribution in [0.25, 0.3) is 5.69 Å². The third kappa shape index (κ3) is 4.05. The summed E-state index contributed by atoms with van der Waals surface area (Å²) in [5.41, 5.74) is 2.28. The Kier molecular flexibility index (Phi) is 5.81. The third-order valence-electron chi connectivity index (χ3n) is 6.37. The van der Waals surface area contributed by atoms with E-state index in [4.69, 9.17) is 4.74 Å². The second kappa shape index (κ2) is 8.67. The number of benzene rings is 2. The van der Waals surface area contributed by atoms with E-state index in [1.54, 1.807) is 6.07 Å². The molecule has 0 radical (unpaired) electrons. The van der Waals surface area contributed by atoms with Gasteiger partial charge in [0.2, 0.25) is 0 Å². The second-order valence-electron chi connectivity index (χ2n) is 9.25. The lowest BCUT2D eigenvalue weighted by molar-refractivity contribution is -0.0978. The van der Waals surface area contributed by atoms with Crippen LogP contribution in [-0.4, -0.2) is 30.2 Å². The quantitative estimate of drug-likeness (QED) is 0.592. The SMILES string of the molecule is Cc1cc(=O)c(C(=O)NCC2(C)COC2)c2n1-c1ccccc1SC(c1ccc(F)c(F)c1)C2. The summed E-state index contributed by atoms with van der Waals surface area (Å²) in [5.74, 6) is -2.27. The molecule has 2 aromatic carbocycles. The molecule has 2 aliphatic heterocycles.